The van der Waals surface area contributed by atoms with Crippen LogP contribution in [0.2, 0.25) is 0 Å². The minimum absolute atomic E-state index is 0.392. The van der Waals surface area contributed by atoms with Gasteiger partial charge in [-0.25, -0.2) is 13.8 Å². The van der Waals surface area contributed by atoms with Crippen LogP contribution in [0.15, 0.2) is 71.8 Å². The number of benzene rings is 3. The molecular weight excluding hydrogens is 478 g/mol. The van der Waals surface area contributed by atoms with Crippen LogP contribution in [0.25, 0.3) is 0 Å². The standard InChI is InChI=1S/C27H31N3O5S/c1-5-34-26-16-23(12-14-25(26)35-19-22-9-7-6-8-10-22)17-28-29-27(31)18-30(36(4,32)33)24-13-11-20(2)15-21(24)3/h6-17H,5,18-19H2,1-4H3,(H,29,31)/b28-17-. The number of amides is 1. The molecule has 190 valence electrons. The van der Waals surface area contributed by atoms with Crippen molar-refractivity contribution in [2.45, 2.75) is 27.4 Å². The third kappa shape index (κ3) is 7.58. The van der Waals surface area contributed by atoms with E-state index in [1.165, 1.54) is 6.21 Å². The van der Waals surface area contributed by atoms with Crippen LogP contribution in [-0.2, 0) is 21.4 Å². The molecule has 0 heterocycles. The monoisotopic (exact) mass is 509 g/mol. The molecule has 0 saturated heterocycles. The Kier molecular flexibility index (Phi) is 9.08. The Morgan fingerprint density at radius 3 is 2.42 bits per heavy atom. The smallest absolute Gasteiger partial charge is 0.260 e. The van der Waals surface area contributed by atoms with Crippen molar-refractivity contribution in [2.24, 2.45) is 5.10 Å². The normalized spacial score (nSPS) is 11.3. The van der Waals surface area contributed by atoms with E-state index < -0.39 is 22.5 Å². The molecule has 1 amide bonds. The predicted octanol–water partition coefficient (Wildman–Crippen LogP) is 4.20. The molecular formula is C27H31N3O5S. The van der Waals surface area contributed by atoms with Gasteiger partial charge < -0.3 is 9.47 Å². The highest BCUT2D eigenvalue weighted by atomic mass is 32.2. The maximum Gasteiger partial charge on any atom is 0.260 e. The Balaban J connectivity index is 1.67. The first-order valence-corrected chi connectivity index (χ1v) is 13.3. The SMILES string of the molecule is CCOc1cc(/C=N\NC(=O)CN(c2ccc(C)cc2C)S(C)(=O)=O)ccc1OCc1ccccc1. The number of nitrogens with zero attached hydrogens (tertiary/aromatic N) is 2. The average Bonchev–Trinajstić information content (AvgIpc) is 2.83. The van der Waals surface area contributed by atoms with Gasteiger partial charge in [0, 0.05) is 0 Å². The molecule has 1 N–H and O–H groups in total. The first-order valence-electron chi connectivity index (χ1n) is 11.5. The number of carbonyl (C=O) groups excluding carboxylic acids is 1. The lowest BCUT2D eigenvalue weighted by Gasteiger charge is -2.23. The van der Waals surface area contributed by atoms with Gasteiger partial charge in [0.15, 0.2) is 11.5 Å². The van der Waals surface area contributed by atoms with Crippen molar-refractivity contribution >= 4 is 27.8 Å². The van der Waals surface area contributed by atoms with Gasteiger partial charge in [-0.2, -0.15) is 5.10 Å². The average molecular weight is 510 g/mol. The third-order valence-electron chi connectivity index (χ3n) is 5.22. The second kappa shape index (κ2) is 12.2. The second-order valence-corrected chi connectivity index (χ2v) is 10.2. The molecule has 0 aliphatic carbocycles. The first kappa shape index (κ1) is 26.7. The van der Waals surface area contributed by atoms with Crippen LogP contribution < -0.4 is 19.2 Å². The van der Waals surface area contributed by atoms with Gasteiger partial charge in [-0.05, 0) is 61.7 Å². The van der Waals surface area contributed by atoms with Crippen LogP contribution in [0.3, 0.4) is 0 Å². The van der Waals surface area contributed by atoms with E-state index in [1.807, 2.05) is 50.2 Å². The van der Waals surface area contributed by atoms with Gasteiger partial charge in [0.25, 0.3) is 5.91 Å². The third-order valence-corrected chi connectivity index (χ3v) is 6.34. The minimum atomic E-state index is -3.68. The topological polar surface area (TPSA) is 97.3 Å². The number of sulfonamides is 1. The van der Waals surface area contributed by atoms with Crippen LogP contribution in [-0.4, -0.2) is 39.9 Å². The fourth-order valence-electron chi connectivity index (χ4n) is 3.54. The van der Waals surface area contributed by atoms with Crippen molar-refractivity contribution < 1.29 is 22.7 Å². The molecule has 0 spiro atoms. The van der Waals surface area contributed by atoms with E-state index in [2.05, 4.69) is 10.5 Å². The summed E-state index contributed by atoms with van der Waals surface area (Å²) in [4.78, 5) is 12.5. The zero-order valence-corrected chi connectivity index (χ0v) is 21.7. The van der Waals surface area contributed by atoms with E-state index in [-0.39, 0.29) is 0 Å². The Hall–Kier alpha value is -3.85. The molecule has 8 nitrogen and oxygen atoms in total. The highest BCUT2D eigenvalue weighted by molar-refractivity contribution is 7.92. The van der Waals surface area contributed by atoms with Crippen LogP contribution in [0.4, 0.5) is 5.69 Å². The van der Waals surface area contributed by atoms with E-state index in [0.29, 0.717) is 36.0 Å². The highest BCUT2D eigenvalue weighted by Crippen LogP contribution is 2.29. The number of rotatable bonds is 11. The summed E-state index contributed by atoms with van der Waals surface area (Å²) in [6.45, 7) is 6.07. The van der Waals surface area contributed by atoms with Gasteiger partial charge >= 0.3 is 0 Å². The molecule has 3 rings (SSSR count). The Morgan fingerprint density at radius 2 is 1.75 bits per heavy atom. The van der Waals surface area contributed by atoms with Crippen LogP contribution >= 0.6 is 0 Å². The van der Waals surface area contributed by atoms with Crippen LogP contribution in [0.1, 0.15) is 29.2 Å². The van der Waals surface area contributed by atoms with Crippen molar-refractivity contribution in [2.75, 3.05) is 23.7 Å². The van der Waals surface area contributed by atoms with Crippen molar-refractivity contribution in [1.82, 2.24) is 5.43 Å². The fraction of sp³-hybridized carbons (Fsp3) is 0.259. The summed E-state index contributed by atoms with van der Waals surface area (Å²) < 4.78 is 37.4. The van der Waals surface area contributed by atoms with E-state index >= 15 is 0 Å². The molecule has 0 unspecified atom stereocenters. The molecule has 0 aliphatic rings. The van der Waals surface area contributed by atoms with Crippen LogP contribution in [0, 0.1) is 13.8 Å². The molecule has 3 aromatic rings. The van der Waals surface area contributed by atoms with Gasteiger partial charge in [0.05, 0.1) is 24.8 Å². The summed E-state index contributed by atoms with van der Waals surface area (Å²) in [6, 6.07) is 20.5. The molecule has 0 atom stereocenters. The van der Waals surface area contributed by atoms with Crippen LogP contribution in [0.5, 0.6) is 11.5 Å². The largest absolute Gasteiger partial charge is 0.490 e. The summed E-state index contributed by atoms with van der Waals surface area (Å²) >= 11 is 0. The lowest BCUT2D eigenvalue weighted by molar-refractivity contribution is -0.119. The number of carbonyl (C=O) groups is 1. The Labute approximate surface area is 212 Å². The number of anilines is 1. The molecule has 0 aromatic heterocycles. The molecule has 0 bridgehead atoms. The number of hydrazone groups is 1. The zero-order chi connectivity index (χ0) is 26.1. The van der Waals surface area contributed by atoms with Gasteiger partial charge in [-0.3, -0.25) is 9.10 Å². The molecule has 0 aliphatic heterocycles. The fourth-order valence-corrected chi connectivity index (χ4v) is 4.45. The summed E-state index contributed by atoms with van der Waals surface area (Å²) in [7, 11) is -3.68. The number of hydrogen-bond acceptors (Lipinski definition) is 6. The van der Waals surface area contributed by atoms with Crippen molar-refractivity contribution in [3.05, 3.63) is 89.0 Å². The van der Waals surface area contributed by atoms with E-state index in [4.69, 9.17) is 9.47 Å². The number of ether oxygens (including phenoxy) is 2. The molecule has 3 aromatic carbocycles. The number of aryl methyl sites for hydroxylation is 2. The number of nitrogens with one attached hydrogen (secondary N) is 1. The quantitative estimate of drug-likeness (QED) is 0.309. The number of hydrogen-bond donors (Lipinski definition) is 1. The zero-order valence-electron chi connectivity index (χ0n) is 20.9. The maximum atomic E-state index is 12.5. The first-order chi connectivity index (χ1) is 17.2. The highest BCUT2D eigenvalue weighted by Gasteiger charge is 2.22. The van der Waals surface area contributed by atoms with E-state index in [0.717, 1.165) is 27.3 Å². The Morgan fingerprint density at radius 1 is 1.00 bits per heavy atom. The van der Waals surface area contributed by atoms with Gasteiger partial charge in [0.1, 0.15) is 13.2 Å². The molecule has 0 radical (unpaired) electrons. The van der Waals surface area contributed by atoms with Gasteiger partial charge in [-0.1, -0.05) is 48.0 Å². The van der Waals surface area contributed by atoms with Crippen molar-refractivity contribution in [1.29, 1.82) is 0 Å². The summed E-state index contributed by atoms with van der Waals surface area (Å²) in [5.41, 5.74) is 6.33. The molecule has 0 saturated carbocycles. The Bertz CT molecular complexity index is 1320. The minimum Gasteiger partial charge on any atom is -0.490 e. The van der Waals surface area contributed by atoms with Gasteiger partial charge in [-0.15, -0.1) is 0 Å². The second-order valence-electron chi connectivity index (χ2n) is 8.27. The van der Waals surface area contributed by atoms with Crippen molar-refractivity contribution in [3.63, 3.8) is 0 Å². The summed E-state index contributed by atoms with van der Waals surface area (Å²) in [5.74, 6) is 0.588. The summed E-state index contributed by atoms with van der Waals surface area (Å²) in [5, 5.41) is 3.99. The molecule has 0 fully saturated rings. The molecule has 36 heavy (non-hydrogen) atoms. The van der Waals surface area contributed by atoms with Crippen molar-refractivity contribution in [3.8, 4) is 11.5 Å². The van der Waals surface area contributed by atoms with E-state index in [9.17, 15) is 13.2 Å². The van der Waals surface area contributed by atoms with Gasteiger partial charge in [0.2, 0.25) is 10.0 Å². The lowest BCUT2D eigenvalue weighted by Crippen LogP contribution is -2.39. The predicted molar refractivity (Wildman–Crippen MR) is 142 cm³/mol. The lowest BCUT2D eigenvalue weighted by atomic mass is 10.1. The van der Waals surface area contributed by atoms with E-state index in [1.54, 1.807) is 37.3 Å². The molecule has 9 heteroatoms. The summed E-state index contributed by atoms with van der Waals surface area (Å²) in [6.07, 6.45) is 2.53. The maximum absolute atomic E-state index is 12.5.